The van der Waals surface area contributed by atoms with Crippen LogP contribution in [0.5, 0.6) is 0 Å². The Hall–Kier alpha value is -1.69. The van der Waals surface area contributed by atoms with E-state index in [4.69, 9.17) is 5.11 Å². The molecule has 1 aliphatic rings. The van der Waals surface area contributed by atoms with Crippen LogP contribution in [0.1, 0.15) is 25.7 Å². The first kappa shape index (κ1) is 14.7. The van der Waals surface area contributed by atoms with Gasteiger partial charge >= 0.3 is 6.03 Å². The van der Waals surface area contributed by atoms with Gasteiger partial charge in [-0.1, -0.05) is 0 Å². The van der Waals surface area contributed by atoms with E-state index in [-0.39, 0.29) is 24.4 Å². The molecule has 0 bridgehead atoms. The average Bonchev–Trinajstić information content (AvgIpc) is 2.88. The van der Waals surface area contributed by atoms with Crippen molar-refractivity contribution in [2.24, 2.45) is 0 Å². The zero-order chi connectivity index (χ0) is 14.5. The highest BCUT2D eigenvalue weighted by Gasteiger charge is 2.28. The van der Waals surface area contributed by atoms with Gasteiger partial charge in [-0.05, 0) is 37.8 Å². The van der Waals surface area contributed by atoms with Gasteiger partial charge in [-0.15, -0.1) is 0 Å². The Labute approximate surface area is 116 Å². The largest absolute Gasteiger partial charge is 0.396 e. The molecule has 2 amide bonds. The minimum absolute atomic E-state index is 0.0239. The maximum absolute atomic E-state index is 13.5. The van der Waals surface area contributed by atoms with Crippen molar-refractivity contribution < 1.29 is 18.7 Å². The van der Waals surface area contributed by atoms with Crippen LogP contribution in [0.3, 0.4) is 0 Å². The maximum Gasteiger partial charge on any atom is 0.322 e. The first-order valence-electron chi connectivity index (χ1n) is 6.75. The number of carbonyl (C=O) groups is 1. The van der Waals surface area contributed by atoms with Crippen LogP contribution in [0.25, 0.3) is 0 Å². The summed E-state index contributed by atoms with van der Waals surface area (Å²) in [7, 11) is 0. The second-order valence-corrected chi connectivity index (χ2v) is 4.91. The summed E-state index contributed by atoms with van der Waals surface area (Å²) in [6.07, 6.45) is 3.16. The Bertz CT molecular complexity index is 482. The quantitative estimate of drug-likeness (QED) is 0.893. The molecule has 1 fully saturated rings. The molecule has 1 aliphatic heterocycles. The van der Waals surface area contributed by atoms with E-state index in [0.29, 0.717) is 13.0 Å². The van der Waals surface area contributed by atoms with Gasteiger partial charge in [0.05, 0.1) is 5.69 Å². The van der Waals surface area contributed by atoms with E-state index in [0.717, 1.165) is 31.4 Å². The summed E-state index contributed by atoms with van der Waals surface area (Å²) in [6.45, 7) is 0.712. The Balaban J connectivity index is 2.00. The number of rotatable bonds is 4. The number of nitrogens with one attached hydrogen (secondary N) is 1. The zero-order valence-electron chi connectivity index (χ0n) is 11.1. The highest BCUT2D eigenvalue weighted by molar-refractivity contribution is 5.89. The van der Waals surface area contributed by atoms with Crippen LogP contribution < -0.4 is 5.32 Å². The van der Waals surface area contributed by atoms with Crippen LogP contribution in [0.4, 0.5) is 19.3 Å². The second-order valence-electron chi connectivity index (χ2n) is 4.91. The molecule has 1 aromatic carbocycles. The van der Waals surface area contributed by atoms with Gasteiger partial charge in [-0.3, -0.25) is 0 Å². The number of carbonyl (C=O) groups excluding carboxylic acids is 1. The minimum Gasteiger partial charge on any atom is -0.396 e. The van der Waals surface area contributed by atoms with Crippen molar-refractivity contribution in [3.05, 3.63) is 29.8 Å². The first-order valence-corrected chi connectivity index (χ1v) is 6.75. The second kappa shape index (κ2) is 6.65. The molecule has 2 N–H and O–H groups in total. The third kappa shape index (κ3) is 3.45. The smallest absolute Gasteiger partial charge is 0.322 e. The lowest BCUT2D eigenvalue weighted by Gasteiger charge is -2.25. The Morgan fingerprint density at radius 1 is 1.45 bits per heavy atom. The van der Waals surface area contributed by atoms with Crippen LogP contribution in [0.15, 0.2) is 18.2 Å². The normalized spacial score (nSPS) is 18.4. The van der Waals surface area contributed by atoms with Gasteiger partial charge in [0.25, 0.3) is 0 Å². The number of amides is 2. The van der Waals surface area contributed by atoms with Gasteiger partial charge in [0.15, 0.2) is 0 Å². The molecule has 4 nitrogen and oxygen atoms in total. The third-order valence-electron chi connectivity index (χ3n) is 3.51. The molecule has 0 spiro atoms. The standard InChI is InChI=1S/C14H18F2N2O2/c15-10-5-6-13(12(16)9-10)17-14(20)18-7-1-3-11(18)4-2-8-19/h5-6,9,11,19H,1-4,7-8H2,(H,17,20)/t11-/m0/s1. The van der Waals surface area contributed by atoms with Crippen LogP contribution in [0.2, 0.25) is 0 Å². The highest BCUT2D eigenvalue weighted by Crippen LogP contribution is 2.23. The van der Waals surface area contributed by atoms with Crippen molar-refractivity contribution in [2.75, 3.05) is 18.5 Å². The highest BCUT2D eigenvalue weighted by atomic mass is 19.1. The van der Waals surface area contributed by atoms with E-state index in [1.165, 1.54) is 6.07 Å². The fourth-order valence-electron chi connectivity index (χ4n) is 2.51. The third-order valence-corrected chi connectivity index (χ3v) is 3.51. The summed E-state index contributed by atoms with van der Waals surface area (Å²) in [5.41, 5.74) is -0.0239. The van der Waals surface area contributed by atoms with Crippen LogP contribution in [0, 0.1) is 11.6 Å². The number of benzene rings is 1. The Morgan fingerprint density at radius 3 is 2.95 bits per heavy atom. The van der Waals surface area contributed by atoms with Gasteiger partial charge in [0.1, 0.15) is 11.6 Å². The lowest BCUT2D eigenvalue weighted by Crippen LogP contribution is -2.39. The number of urea groups is 1. The summed E-state index contributed by atoms with van der Waals surface area (Å²) in [4.78, 5) is 13.8. The summed E-state index contributed by atoms with van der Waals surface area (Å²) < 4.78 is 26.3. The molecule has 1 atom stereocenters. The summed E-state index contributed by atoms with van der Waals surface area (Å²) in [6, 6.07) is 2.75. The number of aliphatic hydroxyl groups excluding tert-OH is 1. The van der Waals surface area contributed by atoms with E-state index >= 15 is 0 Å². The predicted octanol–water partition coefficient (Wildman–Crippen LogP) is 2.73. The van der Waals surface area contributed by atoms with E-state index < -0.39 is 11.6 Å². The number of likely N-dealkylation sites (tertiary alicyclic amines) is 1. The van der Waals surface area contributed by atoms with Crippen LogP contribution in [-0.2, 0) is 0 Å². The van der Waals surface area contributed by atoms with E-state index in [1.54, 1.807) is 4.90 Å². The average molecular weight is 284 g/mol. The molecule has 1 heterocycles. The molecule has 0 aliphatic carbocycles. The number of anilines is 1. The maximum atomic E-state index is 13.5. The minimum atomic E-state index is -0.788. The lowest BCUT2D eigenvalue weighted by atomic mass is 10.1. The number of hydrogen-bond acceptors (Lipinski definition) is 2. The molecule has 1 saturated heterocycles. The van der Waals surface area contributed by atoms with Gasteiger partial charge in [0.2, 0.25) is 0 Å². The van der Waals surface area contributed by atoms with Crippen LogP contribution >= 0.6 is 0 Å². The van der Waals surface area contributed by atoms with Gasteiger partial charge < -0.3 is 15.3 Å². The molecule has 1 aromatic rings. The molecule has 0 radical (unpaired) electrons. The molecule has 0 unspecified atom stereocenters. The topological polar surface area (TPSA) is 52.6 Å². The molecular formula is C14H18F2N2O2. The van der Waals surface area contributed by atoms with E-state index in [1.807, 2.05) is 0 Å². The first-order chi connectivity index (χ1) is 9.61. The van der Waals surface area contributed by atoms with E-state index in [9.17, 15) is 13.6 Å². The Kier molecular flexibility index (Phi) is 4.89. The molecule has 20 heavy (non-hydrogen) atoms. The van der Waals surface area contributed by atoms with Crippen molar-refractivity contribution >= 4 is 11.7 Å². The molecule has 0 saturated carbocycles. The van der Waals surface area contributed by atoms with Gasteiger partial charge in [0, 0.05) is 25.3 Å². The molecule has 6 heteroatoms. The summed E-state index contributed by atoms with van der Waals surface area (Å²) in [5, 5.41) is 11.3. The molecule has 110 valence electrons. The van der Waals surface area contributed by atoms with Crippen molar-refractivity contribution in [3.63, 3.8) is 0 Å². The van der Waals surface area contributed by atoms with Crippen LogP contribution in [-0.4, -0.2) is 35.2 Å². The van der Waals surface area contributed by atoms with Gasteiger partial charge in [-0.2, -0.15) is 0 Å². The van der Waals surface area contributed by atoms with Gasteiger partial charge in [-0.25, -0.2) is 13.6 Å². The fraction of sp³-hybridized carbons (Fsp3) is 0.500. The molecule has 2 rings (SSSR count). The van der Waals surface area contributed by atoms with Crippen molar-refractivity contribution in [3.8, 4) is 0 Å². The molecule has 0 aromatic heterocycles. The number of aliphatic hydroxyl groups is 1. The van der Waals surface area contributed by atoms with E-state index in [2.05, 4.69) is 5.32 Å². The molecular weight excluding hydrogens is 266 g/mol. The predicted molar refractivity (Wildman–Crippen MR) is 71.4 cm³/mol. The summed E-state index contributed by atoms with van der Waals surface area (Å²) in [5.74, 6) is -1.47. The summed E-state index contributed by atoms with van der Waals surface area (Å²) >= 11 is 0. The fourth-order valence-corrected chi connectivity index (χ4v) is 2.51. The van der Waals surface area contributed by atoms with Crippen molar-refractivity contribution in [2.45, 2.75) is 31.7 Å². The van der Waals surface area contributed by atoms with Crippen molar-refractivity contribution in [1.82, 2.24) is 4.90 Å². The lowest BCUT2D eigenvalue weighted by molar-refractivity contribution is 0.197. The monoisotopic (exact) mass is 284 g/mol. The Morgan fingerprint density at radius 2 is 2.25 bits per heavy atom. The number of halogens is 2. The number of hydrogen-bond donors (Lipinski definition) is 2. The zero-order valence-corrected chi connectivity index (χ0v) is 11.1. The van der Waals surface area contributed by atoms with Crippen molar-refractivity contribution in [1.29, 1.82) is 0 Å². The number of nitrogens with zero attached hydrogens (tertiary/aromatic N) is 1. The SMILES string of the molecule is O=C(Nc1ccc(F)cc1F)N1CCC[C@H]1CCCO.